The minimum absolute atomic E-state index is 0.351. The maximum Gasteiger partial charge on any atom is 0.222 e. The van der Waals surface area contributed by atoms with Crippen molar-refractivity contribution in [3.63, 3.8) is 0 Å². The minimum Gasteiger partial charge on any atom is -0.340 e. The normalized spacial score (nSPS) is 25.8. The number of carbonyl (C=O) groups excluding carboxylic acids is 1. The molecule has 1 saturated carbocycles. The lowest BCUT2D eigenvalue weighted by atomic mass is 9.97. The zero-order chi connectivity index (χ0) is 17.2. The summed E-state index contributed by atoms with van der Waals surface area (Å²) in [6, 6.07) is 0. The van der Waals surface area contributed by atoms with Crippen molar-refractivity contribution >= 4 is 5.91 Å². The molecule has 6 heteroatoms. The van der Waals surface area contributed by atoms with Crippen LogP contribution in [0.1, 0.15) is 62.5 Å². The van der Waals surface area contributed by atoms with Crippen LogP contribution in [0, 0.1) is 5.92 Å². The number of aromatic nitrogens is 3. The molecule has 2 aliphatic heterocycles. The number of piperidine rings is 1. The quantitative estimate of drug-likeness (QED) is 0.841. The Hall–Kier alpha value is -1.43. The Balaban J connectivity index is 1.41. The van der Waals surface area contributed by atoms with Gasteiger partial charge in [-0.3, -0.25) is 4.79 Å². The van der Waals surface area contributed by atoms with E-state index in [1.54, 1.807) is 0 Å². The van der Waals surface area contributed by atoms with Gasteiger partial charge in [-0.1, -0.05) is 12.8 Å². The fraction of sp³-hybridized carbons (Fsp3) is 0.842. The van der Waals surface area contributed by atoms with E-state index in [-0.39, 0.29) is 0 Å². The smallest absolute Gasteiger partial charge is 0.222 e. The highest BCUT2D eigenvalue weighted by Crippen LogP contribution is 2.29. The summed E-state index contributed by atoms with van der Waals surface area (Å²) in [5.74, 6) is 3.68. The summed E-state index contributed by atoms with van der Waals surface area (Å²) >= 11 is 0. The predicted molar refractivity (Wildman–Crippen MR) is 96.4 cm³/mol. The number of rotatable bonds is 3. The lowest BCUT2D eigenvalue weighted by Crippen LogP contribution is -2.35. The third-order valence-corrected chi connectivity index (χ3v) is 6.34. The number of hydrogen-bond acceptors (Lipinski definition) is 4. The second kappa shape index (κ2) is 7.44. The molecule has 2 fully saturated rings. The maximum atomic E-state index is 12.7. The lowest BCUT2D eigenvalue weighted by Gasteiger charge is -2.29. The van der Waals surface area contributed by atoms with Gasteiger partial charge in [0.25, 0.3) is 0 Å². The molecule has 1 aromatic rings. The first-order valence-electron chi connectivity index (χ1n) is 10.1. The highest BCUT2D eigenvalue weighted by molar-refractivity contribution is 5.76. The Morgan fingerprint density at radius 3 is 2.68 bits per heavy atom. The van der Waals surface area contributed by atoms with Gasteiger partial charge in [0.1, 0.15) is 11.6 Å². The molecule has 0 unspecified atom stereocenters. The first kappa shape index (κ1) is 17.0. The van der Waals surface area contributed by atoms with Crippen molar-refractivity contribution in [2.75, 3.05) is 33.2 Å². The van der Waals surface area contributed by atoms with Crippen molar-refractivity contribution in [2.45, 2.75) is 63.8 Å². The molecule has 1 aromatic heterocycles. The fourth-order valence-electron chi connectivity index (χ4n) is 4.86. The summed E-state index contributed by atoms with van der Waals surface area (Å²) < 4.78 is 2.31. The highest BCUT2D eigenvalue weighted by atomic mass is 16.2. The van der Waals surface area contributed by atoms with E-state index in [4.69, 9.17) is 0 Å². The average Bonchev–Trinajstić information content (AvgIpc) is 3.20. The molecule has 4 rings (SSSR count). The van der Waals surface area contributed by atoms with Gasteiger partial charge in [0, 0.05) is 44.9 Å². The molecule has 6 nitrogen and oxygen atoms in total. The molecule has 0 aromatic carbocycles. The molecule has 3 heterocycles. The van der Waals surface area contributed by atoms with Gasteiger partial charge in [-0.05, 0) is 45.2 Å². The molecule has 1 saturated heterocycles. The van der Waals surface area contributed by atoms with E-state index < -0.39 is 0 Å². The molecule has 25 heavy (non-hydrogen) atoms. The number of nitrogens with zero attached hydrogens (tertiary/aromatic N) is 5. The topological polar surface area (TPSA) is 54.3 Å². The molecule has 1 amide bonds. The summed E-state index contributed by atoms with van der Waals surface area (Å²) in [7, 11) is 2.19. The predicted octanol–water partition coefficient (Wildman–Crippen LogP) is 2.05. The zero-order valence-corrected chi connectivity index (χ0v) is 15.5. The second-order valence-corrected chi connectivity index (χ2v) is 8.21. The van der Waals surface area contributed by atoms with E-state index in [9.17, 15) is 4.79 Å². The molecule has 0 radical (unpaired) electrons. The SMILES string of the molecule is CN1CCC[C@H](c2nnc3n2CCN(C(=O)CC2CCCC2)CC3)C1. The van der Waals surface area contributed by atoms with Gasteiger partial charge >= 0.3 is 0 Å². The third kappa shape index (κ3) is 3.73. The van der Waals surface area contributed by atoms with Crippen LogP contribution in [0.5, 0.6) is 0 Å². The van der Waals surface area contributed by atoms with Gasteiger partial charge in [-0.25, -0.2) is 0 Å². The Morgan fingerprint density at radius 2 is 1.88 bits per heavy atom. The highest BCUT2D eigenvalue weighted by Gasteiger charge is 2.28. The van der Waals surface area contributed by atoms with Gasteiger partial charge in [-0.2, -0.15) is 0 Å². The van der Waals surface area contributed by atoms with Gasteiger partial charge in [-0.15, -0.1) is 10.2 Å². The number of fused-ring (bicyclic) bond motifs is 1. The number of likely N-dealkylation sites (N-methyl/N-ethyl adjacent to an activating group) is 1. The van der Waals surface area contributed by atoms with E-state index in [1.165, 1.54) is 45.1 Å². The van der Waals surface area contributed by atoms with Crippen LogP contribution >= 0.6 is 0 Å². The summed E-state index contributed by atoms with van der Waals surface area (Å²) in [6.07, 6.45) is 9.11. The van der Waals surface area contributed by atoms with Crippen LogP contribution < -0.4 is 0 Å². The molecular weight excluding hydrogens is 314 g/mol. The summed E-state index contributed by atoms with van der Waals surface area (Å²) in [5.41, 5.74) is 0. The third-order valence-electron chi connectivity index (χ3n) is 6.34. The van der Waals surface area contributed by atoms with Crippen LogP contribution in [0.25, 0.3) is 0 Å². The summed E-state index contributed by atoms with van der Waals surface area (Å²) in [6.45, 7) is 4.72. The molecule has 0 spiro atoms. The number of amides is 1. The molecule has 0 bridgehead atoms. The van der Waals surface area contributed by atoms with Crippen LogP contribution in [0.2, 0.25) is 0 Å². The Kier molecular flexibility index (Phi) is 5.06. The lowest BCUT2D eigenvalue weighted by molar-refractivity contribution is -0.132. The maximum absolute atomic E-state index is 12.7. The fourth-order valence-corrected chi connectivity index (χ4v) is 4.86. The van der Waals surface area contributed by atoms with Crippen LogP contribution in [0.3, 0.4) is 0 Å². The van der Waals surface area contributed by atoms with Gasteiger partial charge in [0.15, 0.2) is 0 Å². The van der Waals surface area contributed by atoms with Crippen LogP contribution in [0.4, 0.5) is 0 Å². The van der Waals surface area contributed by atoms with E-state index in [1.807, 2.05) is 0 Å². The van der Waals surface area contributed by atoms with E-state index in [0.29, 0.717) is 17.7 Å². The number of carbonyl (C=O) groups is 1. The first-order valence-corrected chi connectivity index (χ1v) is 10.1. The summed E-state index contributed by atoms with van der Waals surface area (Å²) in [5, 5.41) is 9.00. The summed E-state index contributed by atoms with van der Waals surface area (Å²) in [4.78, 5) is 17.1. The first-order chi connectivity index (χ1) is 12.2. The monoisotopic (exact) mass is 345 g/mol. The minimum atomic E-state index is 0.351. The van der Waals surface area contributed by atoms with Crippen molar-refractivity contribution in [1.82, 2.24) is 24.6 Å². The van der Waals surface area contributed by atoms with Crippen LogP contribution in [-0.4, -0.2) is 63.7 Å². The largest absolute Gasteiger partial charge is 0.340 e. The van der Waals surface area contributed by atoms with Crippen molar-refractivity contribution in [2.24, 2.45) is 5.92 Å². The van der Waals surface area contributed by atoms with Crippen LogP contribution in [-0.2, 0) is 17.8 Å². The molecule has 1 atom stereocenters. The zero-order valence-electron chi connectivity index (χ0n) is 15.5. The number of hydrogen-bond donors (Lipinski definition) is 0. The van der Waals surface area contributed by atoms with Gasteiger partial charge in [0.2, 0.25) is 5.91 Å². The molecule has 138 valence electrons. The number of likely N-dealkylation sites (tertiary alicyclic amines) is 1. The Morgan fingerprint density at radius 1 is 1.04 bits per heavy atom. The van der Waals surface area contributed by atoms with Crippen molar-refractivity contribution in [3.05, 3.63) is 11.6 Å². The average molecular weight is 345 g/mol. The molecule has 0 N–H and O–H groups in total. The molecular formula is C19H31N5O. The Labute approximate surface area is 150 Å². The van der Waals surface area contributed by atoms with Crippen molar-refractivity contribution < 1.29 is 4.79 Å². The Bertz CT molecular complexity index is 607. The standard InChI is InChI=1S/C19H31N5O/c1-22-9-4-7-16(14-22)19-21-20-17-8-10-23(11-12-24(17)19)18(25)13-15-5-2-3-6-15/h15-16H,2-14H2,1H3/t16-/m0/s1. The van der Waals surface area contributed by atoms with E-state index in [0.717, 1.165) is 50.7 Å². The van der Waals surface area contributed by atoms with E-state index in [2.05, 4.69) is 31.6 Å². The molecule has 3 aliphatic rings. The van der Waals surface area contributed by atoms with Gasteiger partial charge < -0.3 is 14.4 Å². The van der Waals surface area contributed by atoms with Gasteiger partial charge in [0.05, 0.1) is 0 Å². The van der Waals surface area contributed by atoms with Crippen molar-refractivity contribution in [1.29, 1.82) is 0 Å². The molecule has 1 aliphatic carbocycles. The van der Waals surface area contributed by atoms with Crippen LogP contribution in [0.15, 0.2) is 0 Å². The second-order valence-electron chi connectivity index (χ2n) is 8.21. The van der Waals surface area contributed by atoms with Crippen molar-refractivity contribution in [3.8, 4) is 0 Å². The van der Waals surface area contributed by atoms with E-state index >= 15 is 0 Å².